The molecular weight excluding hydrogens is 318 g/mol. The van der Waals surface area contributed by atoms with E-state index in [9.17, 15) is 4.79 Å². The molecule has 3 aromatic rings. The molecule has 0 saturated heterocycles. The summed E-state index contributed by atoms with van der Waals surface area (Å²) in [6, 6.07) is 9.18. The zero-order valence-corrected chi connectivity index (χ0v) is 14.5. The lowest BCUT2D eigenvalue weighted by molar-refractivity contribution is 0.249. The van der Waals surface area contributed by atoms with E-state index < -0.39 is 0 Å². The van der Waals surface area contributed by atoms with Gasteiger partial charge in [-0.1, -0.05) is 12.1 Å². The molecule has 2 aromatic heterocycles. The van der Waals surface area contributed by atoms with Crippen molar-refractivity contribution in [1.82, 2.24) is 20.1 Å². The Morgan fingerprint density at radius 3 is 2.84 bits per heavy atom. The third kappa shape index (κ3) is 4.26. The van der Waals surface area contributed by atoms with E-state index in [-0.39, 0.29) is 12.1 Å². The molecule has 3 rings (SSSR count). The average Bonchev–Trinajstić information content (AvgIpc) is 3.16. The first-order valence-corrected chi connectivity index (χ1v) is 8.07. The first kappa shape index (κ1) is 16.8. The SMILES string of the molecule is Cc1cc([C@H](C)NC(=O)Nc2cccc(Cn3cncn3)c2)c(C)o1. The van der Waals surface area contributed by atoms with Crippen LogP contribution in [-0.4, -0.2) is 20.8 Å². The highest BCUT2D eigenvalue weighted by atomic mass is 16.3. The van der Waals surface area contributed by atoms with Gasteiger partial charge in [0.1, 0.15) is 24.2 Å². The molecule has 0 unspecified atom stereocenters. The maximum Gasteiger partial charge on any atom is 0.319 e. The Balaban J connectivity index is 1.62. The van der Waals surface area contributed by atoms with Crippen LogP contribution < -0.4 is 10.6 Å². The van der Waals surface area contributed by atoms with Crippen LogP contribution in [0.3, 0.4) is 0 Å². The lowest BCUT2D eigenvalue weighted by Gasteiger charge is -2.14. The number of carbonyl (C=O) groups excluding carboxylic acids is 1. The predicted molar refractivity (Wildman–Crippen MR) is 94.3 cm³/mol. The third-order valence-electron chi connectivity index (χ3n) is 3.89. The molecule has 0 spiro atoms. The molecule has 1 atom stereocenters. The number of hydrogen-bond donors (Lipinski definition) is 2. The number of furan rings is 1. The topological polar surface area (TPSA) is 85.0 Å². The Morgan fingerprint density at radius 2 is 2.16 bits per heavy atom. The van der Waals surface area contributed by atoms with Crippen LogP contribution in [0.2, 0.25) is 0 Å². The van der Waals surface area contributed by atoms with Gasteiger partial charge in [-0.2, -0.15) is 5.10 Å². The lowest BCUT2D eigenvalue weighted by Crippen LogP contribution is -2.31. The van der Waals surface area contributed by atoms with Crippen LogP contribution in [0, 0.1) is 13.8 Å². The fourth-order valence-corrected chi connectivity index (χ4v) is 2.77. The third-order valence-corrected chi connectivity index (χ3v) is 3.89. The highest BCUT2D eigenvalue weighted by Crippen LogP contribution is 2.21. The van der Waals surface area contributed by atoms with Crippen molar-refractivity contribution in [2.75, 3.05) is 5.32 Å². The van der Waals surface area contributed by atoms with E-state index in [1.807, 2.05) is 51.1 Å². The number of hydrogen-bond acceptors (Lipinski definition) is 4. The van der Waals surface area contributed by atoms with Crippen LogP contribution in [0.15, 0.2) is 47.4 Å². The number of rotatable bonds is 5. The second-order valence-corrected chi connectivity index (χ2v) is 5.98. The molecular formula is C18H21N5O2. The van der Waals surface area contributed by atoms with Gasteiger partial charge in [0.2, 0.25) is 0 Å². The summed E-state index contributed by atoms with van der Waals surface area (Å²) in [5, 5.41) is 9.87. The van der Waals surface area contributed by atoms with Gasteiger partial charge >= 0.3 is 6.03 Å². The van der Waals surface area contributed by atoms with Gasteiger partial charge in [-0.05, 0) is 44.5 Å². The first-order chi connectivity index (χ1) is 12.0. The van der Waals surface area contributed by atoms with Gasteiger partial charge in [0.05, 0.1) is 12.6 Å². The zero-order chi connectivity index (χ0) is 17.8. The molecule has 2 amide bonds. The van der Waals surface area contributed by atoms with E-state index in [4.69, 9.17) is 4.42 Å². The Labute approximate surface area is 146 Å². The maximum absolute atomic E-state index is 12.3. The van der Waals surface area contributed by atoms with E-state index in [1.54, 1.807) is 11.0 Å². The summed E-state index contributed by atoms with van der Waals surface area (Å²) in [5.41, 5.74) is 2.73. The van der Waals surface area contributed by atoms with E-state index in [2.05, 4.69) is 20.7 Å². The number of urea groups is 1. The van der Waals surface area contributed by atoms with Crippen LogP contribution in [-0.2, 0) is 6.54 Å². The predicted octanol–water partition coefficient (Wildman–Crippen LogP) is 3.42. The van der Waals surface area contributed by atoms with Crippen molar-refractivity contribution < 1.29 is 9.21 Å². The lowest BCUT2D eigenvalue weighted by atomic mass is 10.1. The summed E-state index contributed by atoms with van der Waals surface area (Å²) in [4.78, 5) is 16.2. The summed E-state index contributed by atoms with van der Waals surface area (Å²) in [5.74, 6) is 1.66. The van der Waals surface area contributed by atoms with Crippen molar-refractivity contribution in [2.24, 2.45) is 0 Å². The van der Waals surface area contributed by atoms with Crippen LogP contribution in [0.5, 0.6) is 0 Å². The van der Waals surface area contributed by atoms with E-state index in [0.29, 0.717) is 6.54 Å². The average molecular weight is 339 g/mol. The number of benzene rings is 1. The van der Waals surface area contributed by atoms with Gasteiger partial charge in [-0.3, -0.25) is 0 Å². The van der Waals surface area contributed by atoms with Crippen molar-refractivity contribution in [3.8, 4) is 0 Å². The molecule has 25 heavy (non-hydrogen) atoms. The minimum Gasteiger partial charge on any atom is -0.466 e. The molecule has 0 aliphatic rings. The van der Waals surface area contributed by atoms with Gasteiger partial charge < -0.3 is 15.1 Å². The molecule has 0 radical (unpaired) electrons. The molecule has 0 saturated carbocycles. The monoisotopic (exact) mass is 339 g/mol. The number of nitrogens with one attached hydrogen (secondary N) is 2. The van der Waals surface area contributed by atoms with E-state index >= 15 is 0 Å². The summed E-state index contributed by atoms with van der Waals surface area (Å²) < 4.78 is 7.24. The molecule has 7 nitrogen and oxygen atoms in total. The van der Waals surface area contributed by atoms with Crippen LogP contribution in [0.25, 0.3) is 0 Å². The Bertz CT molecular complexity index is 854. The summed E-state index contributed by atoms with van der Waals surface area (Å²) in [7, 11) is 0. The quantitative estimate of drug-likeness (QED) is 0.746. The van der Waals surface area contributed by atoms with Crippen molar-refractivity contribution in [3.05, 3.63) is 65.6 Å². The minimum absolute atomic E-state index is 0.143. The summed E-state index contributed by atoms with van der Waals surface area (Å²) in [6.07, 6.45) is 3.15. The van der Waals surface area contributed by atoms with Gasteiger partial charge in [-0.15, -0.1) is 0 Å². The van der Waals surface area contributed by atoms with Crippen molar-refractivity contribution in [2.45, 2.75) is 33.4 Å². The van der Waals surface area contributed by atoms with Crippen molar-refractivity contribution in [1.29, 1.82) is 0 Å². The van der Waals surface area contributed by atoms with E-state index in [1.165, 1.54) is 6.33 Å². The molecule has 2 N–H and O–H groups in total. The number of anilines is 1. The van der Waals surface area contributed by atoms with Crippen LogP contribution >= 0.6 is 0 Å². The van der Waals surface area contributed by atoms with Gasteiger partial charge in [0, 0.05) is 11.3 Å². The van der Waals surface area contributed by atoms with Gasteiger partial charge in [0.25, 0.3) is 0 Å². The summed E-state index contributed by atoms with van der Waals surface area (Å²) in [6.45, 7) is 6.31. The second kappa shape index (κ2) is 7.21. The Kier molecular flexibility index (Phi) is 4.83. The molecule has 1 aromatic carbocycles. The van der Waals surface area contributed by atoms with E-state index in [0.717, 1.165) is 28.3 Å². The Hall–Kier alpha value is -3.09. The van der Waals surface area contributed by atoms with Crippen molar-refractivity contribution in [3.63, 3.8) is 0 Å². The Morgan fingerprint density at radius 1 is 1.32 bits per heavy atom. The normalized spacial score (nSPS) is 12.0. The molecule has 2 heterocycles. The smallest absolute Gasteiger partial charge is 0.319 e. The number of amides is 2. The van der Waals surface area contributed by atoms with Crippen LogP contribution in [0.1, 0.15) is 35.6 Å². The van der Waals surface area contributed by atoms with Crippen molar-refractivity contribution >= 4 is 11.7 Å². The van der Waals surface area contributed by atoms with Gasteiger partial charge in [0.15, 0.2) is 0 Å². The number of nitrogens with zero attached hydrogens (tertiary/aromatic N) is 3. The number of carbonyl (C=O) groups is 1. The minimum atomic E-state index is -0.261. The van der Waals surface area contributed by atoms with Crippen LogP contribution in [0.4, 0.5) is 10.5 Å². The number of aromatic nitrogens is 3. The standard InChI is InChI=1S/C18H21N5O2/c1-12-7-17(14(3)25-12)13(2)21-18(24)22-16-6-4-5-15(8-16)9-23-11-19-10-20-23/h4-8,10-11,13H,9H2,1-3H3,(H2,21,22,24)/t13-/m0/s1. The molecule has 0 aliphatic carbocycles. The second-order valence-electron chi connectivity index (χ2n) is 5.98. The highest BCUT2D eigenvalue weighted by Gasteiger charge is 2.15. The molecule has 130 valence electrons. The molecule has 0 bridgehead atoms. The van der Waals surface area contributed by atoms with Gasteiger partial charge in [-0.25, -0.2) is 14.5 Å². The maximum atomic E-state index is 12.3. The number of aryl methyl sites for hydroxylation is 2. The summed E-state index contributed by atoms with van der Waals surface area (Å²) >= 11 is 0. The molecule has 0 fully saturated rings. The fourth-order valence-electron chi connectivity index (χ4n) is 2.77. The highest BCUT2D eigenvalue weighted by molar-refractivity contribution is 5.89. The molecule has 0 aliphatic heterocycles. The molecule has 7 heteroatoms. The fraction of sp³-hybridized carbons (Fsp3) is 0.278. The largest absolute Gasteiger partial charge is 0.466 e. The zero-order valence-electron chi connectivity index (χ0n) is 14.5. The first-order valence-electron chi connectivity index (χ1n) is 8.07.